The van der Waals surface area contributed by atoms with Crippen molar-refractivity contribution < 1.29 is 9.47 Å². The lowest BCUT2D eigenvalue weighted by molar-refractivity contribution is 0.0259. The number of piperidine rings is 1. The number of hydrogen-bond donors (Lipinski definition) is 3. The van der Waals surface area contributed by atoms with Gasteiger partial charge in [0.25, 0.3) is 0 Å². The van der Waals surface area contributed by atoms with Gasteiger partial charge in [-0.15, -0.1) is 0 Å². The van der Waals surface area contributed by atoms with Gasteiger partial charge in [-0.2, -0.15) is 0 Å². The Kier molecular flexibility index (Phi) is 6.69. The van der Waals surface area contributed by atoms with Crippen LogP contribution in [0.3, 0.4) is 0 Å². The lowest BCUT2D eigenvalue weighted by Crippen LogP contribution is -2.27. The van der Waals surface area contributed by atoms with Gasteiger partial charge in [0, 0.05) is 30.7 Å². The molecule has 4 N–H and O–H groups in total. The van der Waals surface area contributed by atoms with Crippen molar-refractivity contribution >= 4 is 17.3 Å². The number of ether oxygens (including phenoxy) is 2. The molecule has 2 fully saturated rings. The van der Waals surface area contributed by atoms with Gasteiger partial charge in [-0.3, -0.25) is 0 Å². The summed E-state index contributed by atoms with van der Waals surface area (Å²) in [6.45, 7) is 3.58. The van der Waals surface area contributed by atoms with E-state index in [0.29, 0.717) is 11.6 Å². The molecule has 0 aliphatic carbocycles. The molecule has 2 aliphatic rings. The zero-order valence-electron chi connectivity index (χ0n) is 18.8. The van der Waals surface area contributed by atoms with E-state index in [4.69, 9.17) is 20.2 Å². The zero-order chi connectivity index (χ0) is 22.5. The minimum atomic E-state index is 0.164. The smallest absolute Gasteiger partial charge is 0.142 e. The first-order valence-electron chi connectivity index (χ1n) is 11.8. The molecule has 7 nitrogen and oxygen atoms in total. The molecule has 0 saturated carbocycles. The van der Waals surface area contributed by atoms with E-state index in [0.717, 1.165) is 86.2 Å². The minimum Gasteiger partial charge on any atom is -0.488 e. The van der Waals surface area contributed by atoms with Gasteiger partial charge in [0.05, 0.1) is 18.9 Å². The van der Waals surface area contributed by atoms with E-state index in [9.17, 15) is 0 Å². The van der Waals surface area contributed by atoms with Crippen molar-refractivity contribution in [2.45, 2.75) is 37.7 Å². The lowest BCUT2D eigenvalue weighted by atomic mass is 9.94. The molecule has 4 heterocycles. The molecule has 33 heavy (non-hydrogen) atoms. The SMILES string of the molecule is Nc1cc(-c2ccnc(Nc3cccc(C4CCNCC4)n3)c2)ccc1OC1CCOCC1. The summed E-state index contributed by atoms with van der Waals surface area (Å²) in [6.07, 6.45) is 6.01. The number of hydrogen-bond acceptors (Lipinski definition) is 7. The van der Waals surface area contributed by atoms with Crippen LogP contribution in [0, 0.1) is 0 Å². The summed E-state index contributed by atoms with van der Waals surface area (Å²) in [7, 11) is 0. The normalized spacial score (nSPS) is 17.6. The molecule has 1 aromatic carbocycles. The predicted molar refractivity (Wildman–Crippen MR) is 131 cm³/mol. The zero-order valence-corrected chi connectivity index (χ0v) is 18.8. The summed E-state index contributed by atoms with van der Waals surface area (Å²) >= 11 is 0. The van der Waals surface area contributed by atoms with Gasteiger partial charge in [0.2, 0.25) is 0 Å². The van der Waals surface area contributed by atoms with E-state index in [-0.39, 0.29) is 6.10 Å². The number of nitrogen functional groups attached to an aromatic ring is 1. The van der Waals surface area contributed by atoms with Crippen LogP contribution in [0.5, 0.6) is 5.75 Å². The van der Waals surface area contributed by atoms with Crippen LogP contribution in [0.15, 0.2) is 54.7 Å². The number of rotatable bonds is 6. The summed E-state index contributed by atoms with van der Waals surface area (Å²) in [5.74, 6) is 2.81. The summed E-state index contributed by atoms with van der Waals surface area (Å²) in [6, 6.07) is 16.1. The topological polar surface area (TPSA) is 94.3 Å². The first-order chi connectivity index (χ1) is 16.2. The molecule has 0 unspecified atom stereocenters. The van der Waals surface area contributed by atoms with Crippen LogP contribution in [-0.2, 0) is 4.74 Å². The Morgan fingerprint density at radius 3 is 2.58 bits per heavy atom. The fraction of sp³-hybridized carbons (Fsp3) is 0.385. The van der Waals surface area contributed by atoms with Gasteiger partial charge in [0.1, 0.15) is 23.5 Å². The molecule has 0 radical (unpaired) electrons. The third-order valence-electron chi connectivity index (χ3n) is 6.35. The third-order valence-corrected chi connectivity index (χ3v) is 6.35. The van der Waals surface area contributed by atoms with Crippen LogP contribution in [0.4, 0.5) is 17.3 Å². The molecule has 172 valence electrons. The highest BCUT2D eigenvalue weighted by Gasteiger charge is 2.18. The Hall–Kier alpha value is -3.16. The van der Waals surface area contributed by atoms with E-state index in [2.05, 4.69) is 27.8 Å². The van der Waals surface area contributed by atoms with E-state index in [1.807, 2.05) is 36.4 Å². The van der Waals surface area contributed by atoms with E-state index in [1.54, 1.807) is 6.20 Å². The summed E-state index contributed by atoms with van der Waals surface area (Å²) in [5.41, 5.74) is 10.2. The monoisotopic (exact) mass is 445 g/mol. The first kappa shape index (κ1) is 21.7. The Labute approximate surface area is 194 Å². The molecular formula is C26H31N5O2. The molecule has 3 aromatic rings. The molecule has 0 amide bonds. The van der Waals surface area contributed by atoms with Gasteiger partial charge in [-0.1, -0.05) is 12.1 Å². The molecule has 2 aliphatic heterocycles. The highest BCUT2D eigenvalue weighted by atomic mass is 16.5. The predicted octanol–water partition coefficient (Wildman–Crippen LogP) is 4.49. The van der Waals surface area contributed by atoms with Crippen LogP contribution < -0.4 is 21.1 Å². The molecular weight excluding hydrogens is 414 g/mol. The third kappa shape index (κ3) is 5.43. The second-order valence-corrected chi connectivity index (χ2v) is 8.71. The highest BCUT2D eigenvalue weighted by molar-refractivity contribution is 5.73. The molecule has 2 saturated heterocycles. The Morgan fingerprint density at radius 1 is 0.939 bits per heavy atom. The standard InChI is InChI=1S/C26H31N5O2/c27-22-16-19(4-5-24(22)33-21-9-14-32-15-10-21)20-8-13-29-26(17-20)31-25-3-1-2-23(30-25)18-6-11-28-12-7-18/h1-5,8,13,16-18,21,28H,6-7,9-12,14-15,27H2,(H,29,30,31). The van der Waals surface area contributed by atoms with Gasteiger partial charge in [-0.05, 0) is 73.5 Å². The first-order valence-corrected chi connectivity index (χ1v) is 11.8. The molecule has 7 heteroatoms. The molecule has 0 spiro atoms. The van der Waals surface area contributed by atoms with Crippen molar-refractivity contribution in [1.29, 1.82) is 0 Å². The van der Waals surface area contributed by atoms with Crippen LogP contribution in [0.2, 0.25) is 0 Å². The van der Waals surface area contributed by atoms with Gasteiger partial charge in [0.15, 0.2) is 0 Å². The Bertz CT molecular complexity index is 1080. The number of pyridine rings is 2. The maximum Gasteiger partial charge on any atom is 0.142 e. The van der Waals surface area contributed by atoms with Crippen molar-refractivity contribution in [2.75, 3.05) is 37.4 Å². The fourth-order valence-corrected chi connectivity index (χ4v) is 4.48. The van der Waals surface area contributed by atoms with Crippen LogP contribution in [0.25, 0.3) is 11.1 Å². The summed E-state index contributed by atoms with van der Waals surface area (Å²) in [4.78, 5) is 9.34. The second kappa shape index (κ2) is 10.2. The number of nitrogens with zero attached hydrogens (tertiary/aromatic N) is 2. The quantitative estimate of drug-likeness (QED) is 0.481. The van der Waals surface area contributed by atoms with Gasteiger partial charge in [-0.25, -0.2) is 9.97 Å². The van der Waals surface area contributed by atoms with Crippen LogP contribution in [-0.4, -0.2) is 42.4 Å². The average molecular weight is 446 g/mol. The van der Waals surface area contributed by atoms with Crippen molar-refractivity contribution in [2.24, 2.45) is 0 Å². The largest absolute Gasteiger partial charge is 0.488 e. The maximum absolute atomic E-state index is 6.32. The Balaban J connectivity index is 1.29. The van der Waals surface area contributed by atoms with Gasteiger partial charge >= 0.3 is 0 Å². The van der Waals surface area contributed by atoms with Crippen LogP contribution >= 0.6 is 0 Å². The van der Waals surface area contributed by atoms with Gasteiger partial charge < -0.3 is 25.8 Å². The van der Waals surface area contributed by atoms with Crippen molar-refractivity contribution in [3.05, 3.63) is 60.4 Å². The van der Waals surface area contributed by atoms with Crippen molar-refractivity contribution in [1.82, 2.24) is 15.3 Å². The van der Waals surface area contributed by atoms with Crippen molar-refractivity contribution in [3.8, 4) is 16.9 Å². The van der Waals surface area contributed by atoms with Crippen molar-refractivity contribution in [3.63, 3.8) is 0 Å². The molecule has 0 atom stereocenters. The highest BCUT2D eigenvalue weighted by Crippen LogP contribution is 2.31. The fourth-order valence-electron chi connectivity index (χ4n) is 4.48. The van der Waals surface area contributed by atoms with E-state index in [1.165, 1.54) is 0 Å². The second-order valence-electron chi connectivity index (χ2n) is 8.71. The molecule has 5 rings (SSSR count). The van der Waals surface area contributed by atoms with Crippen LogP contribution in [0.1, 0.15) is 37.3 Å². The number of benzene rings is 1. The van der Waals surface area contributed by atoms with E-state index >= 15 is 0 Å². The minimum absolute atomic E-state index is 0.164. The number of nitrogens with one attached hydrogen (secondary N) is 2. The summed E-state index contributed by atoms with van der Waals surface area (Å²) in [5, 5.41) is 6.78. The Morgan fingerprint density at radius 2 is 1.76 bits per heavy atom. The molecule has 0 bridgehead atoms. The van der Waals surface area contributed by atoms with E-state index < -0.39 is 0 Å². The molecule has 2 aromatic heterocycles. The average Bonchev–Trinajstić information content (AvgIpc) is 2.87. The number of aromatic nitrogens is 2. The number of anilines is 3. The number of nitrogens with two attached hydrogens (primary N) is 1. The maximum atomic E-state index is 6.32. The lowest BCUT2D eigenvalue weighted by Gasteiger charge is -2.24. The summed E-state index contributed by atoms with van der Waals surface area (Å²) < 4.78 is 11.5.